The van der Waals surface area contributed by atoms with E-state index in [0.717, 1.165) is 0 Å². The fourth-order valence-electron chi connectivity index (χ4n) is 1.06. The van der Waals surface area contributed by atoms with Gasteiger partial charge < -0.3 is 10.4 Å². The Balaban J connectivity index is 4.54. The lowest BCUT2D eigenvalue weighted by Crippen LogP contribution is -2.37. The Hall–Kier alpha value is -1.17. The molecule has 0 aromatic rings. The van der Waals surface area contributed by atoms with Gasteiger partial charge in [-0.2, -0.15) is 0 Å². The zero-order chi connectivity index (χ0) is 12.9. The Labute approximate surface area is 97.4 Å². The number of carbonyl (C=O) groups is 2. The van der Waals surface area contributed by atoms with Crippen LogP contribution in [0.2, 0.25) is 0 Å². The number of carbonyl (C=O) groups excluding carboxylic acids is 1. The van der Waals surface area contributed by atoms with Gasteiger partial charge >= 0.3 is 5.97 Å². The maximum atomic E-state index is 11.5. The van der Waals surface area contributed by atoms with E-state index in [-0.39, 0.29) is 17.2 Å². The standard InChI is InChI=1S/C10H17NO4S/c1-6(5-16(4)15)11-9(12)7(2)8(3)10(13)14/h6H,5H2,1-4H3,(H,11,12)(H,13,14). The van der Waals surface area contributed by atoms with Crippen LogP contribution in [0.3, 0.4) is 0 Å². The van der Waals surface area contributed by atoms with Gasteiger partial charge in [-0.25, -0.2) is 4.79 Å². The first-order valence-electron chi connectivity index (χ1n) is 4.77. The molecule has 2 N–H and O–H groups in total. The molecule has 5 nitrogen and oxygen atoms in total. The van der Waals surface area contributed by atoms with Crippen LogP contribution in [-0.2, 0) is 20.4 Å². The van der Waals surface area contributed by atoms with E-state index in [0.29, 0.717) is 5.75 Å². The van der Waals surface area contributed by atoms with Crippen molar-refractivity contribution in [3.8, 4) is 0 Å². The highest BCUT2D eigenvalue weighted by molar-refractivity contribution is 7.84. The fraction of sp³-hybridized carbons (Fsp3) is 0.600. The lowest BCUT2D eigenvalue weighted by Gasteiger charge is -2.13. The minimum Gasteiger partial charge on any atom is -0.478 e. The maximum absolute atomic E-state index is 11.5. The fourth-order valence-corrected chi connectivity index (χ4v) is 1.84. The summed E-state index contributed by atoms with van der Waals surface area (Å²) < 4.78 is 10.9. The third-order valence-electron chi connectivity index (χ3n) is 2.09. The summed E-state index contributed by atoms with van der Waals surface area (Å²) in [5.41, 5.74) is 0.184. The van der Waals surface area contributed by atoms with Gasteiger partial charge in [-0.3, -0.25) is 9.00 Å². The summed E-state index contributed by atoms with van der Waals surface area (Å²) >= 11 is 0. The number of nitrogens with one attached hydrogen (secondary N) is 1. The van der Waals surface area contributed by atoms with Crippen molar-refractivity contribution in [2.45, 2.75) is 26.8 Å². The molecule has 2 unspecified atom stereocenters. The molecule has 2 atom stereocenters. The minimum absolute atomic E-state index is 0.0160. The van der Waals surface area contributed by atoms with Gasteiger partial charge in [-0.05, 0) is 20.8 Å². The van der Waals surface area contributed by atoms with Gasteiger partial charge in [0.05, 0.1) is 0 Å². The van der Waals surface area contributed by atoms with E-state index in [9.17, 15) is 13.8 Å². The summed E-state index contributed by atoms with van der Waals surface area (Å²) in [5.74, 6) is -1.19. The van der Waals surface area contributed by atoms with Crippen LogP contribution in [0.15, 0.2) is 11.1 Å². The van der Waals surface area contributed by atoms with Crippen LogP contribution in [-0.4, -0.2) is 39.2 Å². The zero-order valence-corrected chi connectivity index (χ0v) is 10.7. The molecule has 0 bridgehead atoms. The molecule has 0 aliphatic carbocycles. The van der Waals surface area contributed by atoms with Gasteiger partial charge in [0.1, 0.15) is 0 Å². The first-order valence-corrected chi connectivity index (χ1v) is 6.50. The normalized spacial score (nSPS) is 16.0. The number of hydrogen-bond acceptors (Lipinski definition) is 3. The lowest BCUT2D eigenvalue weighted by atomic mass is 10.1. The number of hydrogen-bond donors (Lipinski definition) is 2. The quantitative estimate of drug-likeness (QED) is 0.684. The molecule has 92 valence electrons. The van der Waals surface area contributed by atoms with E-state index < -0.39 is 22.7 Å². The molecule has 0 saturated heterocycles. The number of rotatable bonds is 5. The summed E-state index contributed by atoms with van der Waals surface area (Å²) in [5, 5.41) is 11.3. The summed E-state index contributed by atoms with van der Waals surface area (Å²) in [6, 6.07) is -0.241. The molecule has 0 radical (unpaired) electrons. The molecular weight excluding hydrogens is 230 g/mol. The maximum Gasteiger partial charge on any atom is 0.331 e. The predicted octanol–water partition coefficient (Wildman–Crippen LogP) is 0.291. The Morgan fingerprint density at radius 3 is 2.19 bits per heavy atom. The Morgan fingerprint density at radius 2 is 1.81 bits per heavy atom. The molecule has 1 amide bonds. The highest BCUT2D eigenvalue weighted by Gasteiger charge is 2.15. The van der Waals surface area contributed by atoms with Crippen LogP contribution in [0.4, 0.5) is 0 Å². The van der Waals surface area contributed by atoms with E-state index >= 15 is 0 Å². The zero-order valence-electron chi connectivity index (χ0n) is 9.86. The molecule has 6 heteroatoms. The third kappa shape index (κ3) is 5.06. The first-order chi connectivity index (χ1) is 7.25. The lowest BCUT2D eigenvalue weighted by molar-refractivity contribution is -0.133. The second-order valence-corrected chi connectivity index (χ2v) is 5.15. The molecule has 0 aliphatic rings. The molecular formula is C10H17NO4S. The van der Waals surface area contributed by atoms with Crippen LogP contribution >= 0.6 is 0 Å². The number of aliphatic carboxylic acids is 1. The van der Waals surface area contributed by atoms with Gasteiger partial charge in [0, 0.05) is 40.0 Å². The smallest absolute Gasteiger partial charge is 0.331 e. The van der Waals surface area contributed by atoms with Gasteiger partial charge in [-0.1, -0.05) is 0 Å². The second-order valence-electron chi connectivity index (χ2n) is 3.67. The van der Waals surface area contributed by atoms with Crippen molar-refractivity contribution in [2.75, 3.05) is 12.0 Å². The van der Waals surface area contributed by atoms with Crippen molar-refractivity contribution in [1.29, 1.82) is 0 Å². The van der Waals surface area contributed by atoms with E-state index in [4.69, 9.17) is 5.11 Å². The topological polar surface area (TPSA) is 83.5 Å². The Bertz CT molecular complexity index is 349. The monoisotopic (exact) mass is 247 g/mol. The van der Waals surface area contributed by atoms with Crippen LogP contribution < -0.4 is 5.32 Å². The Morgan fingerprint density at radius 1 is 1.31 bits per heavy atom. The van der Waals surface area contributed by atoms with Crippen molar-refractivity contribution in [3.63, 3.8) is 0 Å². The summed E-state index contributed by atoms with van der Waals surface area (Å²) in [6.07, 6.45) is 1.55. The van der Waals surface area contributed by atoms with Gasteiger partial charge in [0.25, 0.3) is 0 Å². The van der Waals surface area contributed by atoms with Crippen molar-refractivity contribution in [2.24, 2.45) is 0 Å². The van der Waals surface area contributed by atoms with E-state index in [1.165, 1.54) is 13.8 Å². The van der Waals surface area contributed by atoms with Gasteiger partial charge in [0.15, 0.2) is 0 Å². The number of amides is 1. The van der Waals surface area contributed by atoms with Crippen LogP contribution in [0.1, 0.15) is 20.8 Å². The van der Waals surface area contributed by atoms with Crippen LogP contribution in [0.5, 0.6) is 0 Å². The number of carboxylic acids is 1. The van der Waals surface area contributed by atoms with E-state index in [2.05, 4.69) is 5.32 Å². The van der Waals surface area contributed by atoms with Crippen molar-refractivity contribution in [3.05, 3.63) is 11.1 Å². The molecule has 0 aromatic heterocycles. The highest BCUT2D eigenvalue weighted by Crippen LogP contribution is 2.04. The average molecular weight is 247 g/mol. The third-order valence-corrected chi connectivity index (χ3v) is 3.06. The van der Waals surface area contributed by atoms with Gasteiger partial charge in [0.2, 0.25) is 5.91 Å². The van der Waals surface area contributed by atoms with Crippen molar-refractivity contribution in [1.82, 2.24) is 5.32 Å². The van der Waals surface area contributed by atoms with Crippen molar-refractivity contribution < 1.29 is 18.9 Å². The molecule has 0 rings (SSSR count). The number of carboxylic acid groups (broad SMARTS) is 1. The first kappa shape index (κ1) is 14.8. The van der Waals surface area contributed by atoms with E-state index in [1.54, 1.807) is 13.2 Å². The molecule has 0 fully saturated rings. The largest absolute Gasteiger partial charge is 0.478 e. The molecule has 0 aromatic carbocycles. The minimum atomic E-state index is -1.11. The van der Waals surface area contributed by atoms with Crippen molar-refractivity contribution >= 4 is 22.7 Å². The SMILES string of the molecule is CC(C(=O)O)=C(C)C(=O)NC(C)CS(C)=O. The molecule has 0 spiro atoms. The summed E-state index contributed by atoms with van der Waals surface area (Å²) in [6.45, 7) is 4.55. The summed E-state index contributed by atoms with van der Waals surface area (Å²) in [4.78, 5) is 22.2. The highest BCUT2D eigenvalue weighted by atomic mass is 32.2. The van der Waals surface area contributed by atoms with Gasteiger partial charge in [-0.15, -0.1) is 0 Å². The van der Waals surface area contributed by atoms with E-state index in [1.807, 2.05) is 0 Å². The summed E-state index contributed by atoms with van der Waals surface area (Å²) in [7, 11) is -0.992. The predicted molar refractivity (Wildman–Crippen MR) is 62.5 cm³/mol. The second kappa shape index (κ2) is 6.42. The molecule has 16 heavy (non-hydrogen) atoms. The molecule has 0 heterocycles. The van der Waals surface area contributed by atoms with Crippen LogP contribution in [0.25, 0.3) is 0 Å². The molecule has 0 aliphatic heterocycles. The average Bonchev–Trinajstić information content (AvgIpc) is 2.13. The Kier molecular flexibility index (Phi) is 5.95. The van der Waals surface area contributed by atoms with Crippen LogP contribution in [0, 0.1) is 0 Å². The molecule has 0 saturated carbocycles.